The molecule has 0 bridgehead atoms. The summed E-state index contributed by atoms with van der Waals surface area (Å²) in [6.45, 7) is 11.0. The van der Waals surface area contributed by atoms with E-state index in [1.165, 1.54) is 45.2 Å². The van der Waals surface area contributed by atoms with Crippen molar-refractivity contribution in [2.45, 2.75) is 52.0 Å². The lowest BCUT2D eigenvalue weighted by molar-refractivity contribution is 0.141. The Labute approximate surface area is 107 Å². The third-order valence-corrected chi connectivity index (χ3v) is 3.48. The Hall–Kier alpha value is -0.120. The predicted molar refractivity (Wildman–Crippen MR) is 73.5 cm³/mol. The fraction of sp³-hybridized carbons (Fsp3) is 1.00. The summed E-state index contributed by atoms with van der Waals surface area (Å²) in [5.41, 5.74) is 0. The van der Waals surface area contributed by atoms with E-state index in [2.05, 4.69) is 24.1 Å². The minimum absolute atomic E-state index is 0.671. The molecule has 1 aliphatic rings. The third kappa shape index (κ3) is 7.74. The van der Waals surface area contributed by atoms with E-state index in [1.807, 2.05) is 0 Å². The molecule has 1 heterocycles. The summed E-state index contributed by atoms with van der Waals surface area (Å²) in [6.07, 6.45) is 6.56. The molecule has 0 aliphatic carbocycles. The van der Waals surface area contributed by atoms with Crippen LogP contribution in [0.4, 0.5) is 0 Å². The van der Waals surface area contributed by atoms with Crippen molar-refractivity contribution in [2.24, 2.45) is 0 Å². The molecule has 0 spiro atoms. The molecule has 1 saturated heterocycles. The van der Waals surface area contributed by atoms with Crippen LogP contribution < -0.4 is 5.32 Å². The van der Waals surface area contributed by atoms with Crippen molar-refractivity contribution < 1.29 is 4.74 Å². The second-order valence-corrected chi connectivity index (χ2v) is 5.16. The third-order valence-electron chi connectivity index (χ3n) is 3.48. The van der Waals surface area contributed by atoms with Gasteiger partial charge in [-0.3, -0.25) is 4.90 Å². The molecule has 0 saturated carbocycles. The zero-order valence-electron chi connectivity index (χ0n) is 11.7. The van der Waals surface area contributed by atoms with Gasteiger partial charge in [0.15, 0.2) is 0 Å². The van der Waals surface area contributed by atoms with Crippen LogP contribution in [-0.2, 0) is 4.74 Å². The van der Waals surface area contributed by atoms with Crippen molar-refractivity contribution in [1.82, 2.24) is 10.2 Å². The van der Waals surface area contributed by atoms with Crippen LogP contribution in [0.1, 0.15) is 46.0 Å². The van der Waals surface area contributed by atoms with Gasteiger partial charge in [0.25, 0.3) is 0 Å². The van der Waals surface area contributed by atoms with E-state index < -0.39 is 0 Å². The molecule has 1 fully saturated rings. The number of unbranched alkanes of at least 4 members (excludes halogenated alkanes) is 2. The Morgan fingerprint density at radius 2 is 2.12 bits per heavy atom. The summed E-state index contributed by atoms with van der Waals surface area (Å²) in [5, 5.41) is 3.63. The molecule has 1 aliphatic heterocycles. The van der Waals surface area contributed by atoms with Crippen LogP contribution in [-0.4, -0.2) is 50.3 Å². The second-order valence-electron chi connectivity index (χ2n) is 5.16. The van der Waals surface area contributed by atoms with Gasteiger partial charge in [-0.05, 0) is 19.8 Å². The Morgan fingerprint density at radius 1 is 1.24 bits per heavy atom. The molecule has 3 heteroatoms. The fourth-order valence-electron chi connectivity index (χ4n) is 2.29. The Morgan fingerprint density at radius 3 is 2.94 bits per heavy atom. The first kappa shape index (κ1) is 14.9. The maximum absolute atomic E-state index is 5.46. The summed E-state index contributed by atoms with van der Waals surface area (Å²) in [7, 11) is 0. The largest absolute Gasteiger partial charge is 0.380 e. The molecule has 3 nitrogen and oxygen atoms in total. The highest BCUT2D eigenvalue weighted by Gasteiger charge is 2.08. The molecule has 0 aromatic heterocycles. The van der Waals surface area contributed by atoms with Crippen LogP contribution >= 0.6 is 0 Å². The maximum Gasteiger partial charge on any atom is 0.0593 e. The Bertz CT molecular complexity index is 168. The van der Waals surface area contributed by atoms with Crippen LogP contribution in [0, 0.1) is 0 Å². The fourth-order valence-corrected chi connectivity index (χ4v) is 2.29. The average molecular weight is 242 g/mol. The lowest BCUT2D eigenvalue weighted by Gasteiger charge is -2.21. The van der Waals surface area contributed by atoms with Gasteiger partial charge >= 0.3 is 0 Å². The number of ether oxygens (including phenoxy) is 1. The van der Waals surface area contributed by atoms with E-state index in [1.54, 1.807) is 0 Å². The van der Waals surface area contributed by atoms with Gasteiger partial charge in [-0.25, -0.2) is 0 Å². The van der Waals surface area contributed by atoms with E-state index in [9.17, 15) is 0 Å². The van der Waals surface area contributed by atoms with Gasteiger partial charge in [-0.2, -0.15) is 0 Å². The highest BCUT2D eigenvalue weighted by Crippen LogP contribution is 2.03. The quantitative estimate of drug-likeness (QED) is 0.661. The number of hydrogen-bond donors (Lipinski definition) is 1. The molecule has 1 N–H and O–H groups in total. The summed E-state index contributed by atoms with van der Waals surface area (Å²) < 4.78 is 5.46. The van der Waals surface area contributed by atoms with E-state index in [4.69, 9.17) is 4.74 Å². The zero-order chi connectivity index (χ0) is 12.3. The summed E-state index contributed by atoms with van der Waals surface area (Å²) >= 11 is 0. The molecule has 0 amide bonds. The number of nitrogens with one attached hydrogen (secondary N) is 1. The minimum Gasteiger partial charge on any atom is -0.380 e. The lowest BCUT2D eigenvalue weighted by atomic mass is 10.1. The molecule has 1 unspecified atom stereocenters. The predicted octanol–water partition coefficient (Wildman–Crippen LogP) is 2.27. The highest BCUT2D eigenvalue weighted by molar-refractivity contribution is 4.66. The maximum atomic E-state index is 5.46. The van der Waals surface area contributed by atoms with Gasteiger partial charge < -0.3 is 10.1 Å². The van der Waals surface area contributed by atoms with Gasteiger partial charge in [0.2, 0.25) is 0 Å². The van der Waals surface area contributed by atoms with Crippen LogP contribution in [0.2, 0.25) is 0 Å². The normalized spacial score (nSPS) is 20.1. The van der Waals surface area contributed by atoms with E-state index in [0.29, 0.717) is 6.04 Å². The van der Waals surface area contributed by atoms with Crippen LogP contribution in [0.3, 0.4) is 0 Å². The lowest BCUT2D eigenvalue weighted by Crippen LogP contribution is -2.37. The van der Waals surface area contributed by atoms with Gasteiger partial charge in [0.05, 0.1) is 6.61 Å². The SMILES string of the molecule is CCCCCC(C)NCCN1CCCOCC1. The zero-order valence-corrected chi connectivity index (χ0v) is 11.7. The van der Waals surface area contributed by atoms with Crippen LogP contribution in [0.15, 0.2) is 0 Å². The molecule has 17 heavy (non-hydrogen) atoms. The molecular weight excluding hydrogens is 212 g/mol. The first-order chi connectivity index (χ1) is 8.33. The first-order valence-corrected chi connectivity index (χ1v) is 7.36. The second kappa shape index (κ2) is 9.86. The average Bonchev–Trinajstić information content (AvgIpc) is 2.58. The molecule has 1 rings (SSSR count). The van der Waals surface area contributed by atoms with Crippen molar-refractivity contribution in [3.63, 3.8) is 0 Å². The smallest absolute Gasteiger partial charge is 0.0593 e. The Balaban J connectivity index is 1.97. The highest BCUT2D eigenvalue weighted by atomic mass is 16.5. The first-order valence-electron chi connectivity index (χ1n) is 7.36. The summed E-state index contributed by atoms with van der Waals surface area (Å²) in [5.74, 6) is 0. The van der Waals surface area contributed by atoms with Crippen LogP contribution in [0.25, 0.3) is 0 Å². The van der Waals surface area contributed by atoms with Crippen molar-refractivity contribution in [1.29, 1.82) is 0 Å². The summed E-state index contributed by atoms with van der Waals surface area (Å²) in [4.78, 5) is 2.51. The van der Waals surface area contributed by atoms with Crippen molar-refractivity contribution in [2.75, 3.05) is 39.4 Å². The van der Waals surface area contributed by atoms with E-state index in [0.717, 1.165) is 26.3 Å². The van der Waals surface area contributed by atoms with Crippen molar-refractivity contribution in [3.05, 3.63) is 0 Å². The van der Waals surface area contributed by atoms with Gasteiger partial charge in [0, 0.05) is 38.8 Å². The Kier molecular flexibility index (Phi) is 8.67. The monoisotopic (exact) mass is 242 g/mol. The van der Waals surface area contributed by atoms with Gasteiger partial charge in [-0.1, -0.05) is 26.2 Å². The molecule has 102 valence electrons. The number of hydrogen-bond acceptors (Lipinski definition) is 3. The van der Waals surface area contributed by atoms with Gasteiger partial charge in [-0.15, -0.1) is 0 Å². The molecular formula is C14H30N2O. The standard InChI is InChI=1S/C14H30N2O/c1-3-4-5-7-14(2)15-8-10-16-9-6-12-17-13-11-16/h14-15H,3-13H2,1-2H3. The molecule has 1 atom stereocenters. The molecule has 0 radical (unpaired) electrons. The van der Waals surface area contributed by atoms with Crippen molar-refractivity contribution in [3.8, 4) is 0 Å². The number of rotatable bonds is 8. The van der Waals surface area contributed by atoms with Crippen LogP contribution in [0.5, 0.6) is 0 Å². The molecule has 0 aromatic carbocycles. The summed E-state index contributed by atoms with van der Waals surface area (Å²) in [6, 6.07) is 0.671. The number of nitrogens with zero attached hydrogens (tertiary/aromatic N) is 1. The molecule has 0 aromatic rings. The van der Waals surface area contributed by atoms with Gasteiger partial charge in [0.1, 0.15) is 0 Å². The van der Waals surface area contributed by atoms with E-state index >= 15 is 0 Å². The van der Waals surface area contributed by atoms with Crippen molar-refractivity contribution >= 4 is 0 Å². The topological polar surface area (TPSA) is 24.5 Å². The van der Waals surface area contributed by atoms with E-state index in [-0.39, 0.29) is 0 Å². The minimum atomic E-state index is 0.671.